The van der Waals surface area contributed by atoms with Crippen molar-refractivity contribution in [2.75, 3.05) is 42.3 Å². The third-order valence-corrected chi connectivity index (χ3v) is 17.7. The molecule has 0 spiro atoms. The molecule has 4 saturated heterocycles. The van der Waals surface area contributed by atoms with Crippen LogP contribution in [0.15, 0.2) is 0 Å². The lowest BCUT2D eigenvalue weighted by Gasteiger charge is -2.71. The van der Waals surface area contributed by atoms with Gasteiger partial charge in [0.1, 0.15) is 22.2 Å². The zero-order valence-corrected chi connectivity index (χ0v) is 60.6. The molecule has 472 valence electrons. The van der Waals surface area contributed by atoms with Gasteiger partial charge in [-0.05, 0) is 208 Å². The van der Waals surface area contributed by atoms with Crippen LogP contribution in [0.5, 0.6) is 0 Å². The molecule has 0 saturated carbocycles. The fourth-order valence-corrected chi connectivity index (χ4v) is 11.3. The van der Waals surface area contributed by atoms with E-state index in [-0.39, 0.29) is 7.43 Å². The molecule has 3 heteroatoms. The summed E-state index contributed by atoms with van der Waals surface area (Å²) in [5.74, 6) is 131. The fraction of sp³-hybridized carbons (Fsp3) is 0.419. The van der Waals surface area contributed by atoms with Gasteiger partial charge in [0, 0.05) is 219 Å². The molecule has 4 aliphatic rings. The highest BCUT2D eigenvalue weighted by molar-refractivity contribution is 5.51. The second-order valence-electron chi connectivity index (χ2n) is 28.6. The van der Waals surface area contributed by atoms with E-state index in [0.717, 1.165) is 26.7 Å². The van der Waals surface area contributed by atoms with Crippen LogP contribution < -0.4 is 0 Å². The van der Waals surface area contributed by atoms with E-state index in [4.69, 9.17) is 12.8 Å². The third kappa shape index (κ3) is 28.7. The Kier molecular flexibility index (Phi) is 36.5. The zero-order valence-electron chi connectivity index (χ0n) is 60.6. The number of hydrogen-bond donors (Lipinski definition) is 0. The lowest BCUT2D eigenvalue weighted by atomic mass is 9.56. The SMILES string of the molecule is C.C#CC#CC#CC#CC#CC#CC#CC#CC#CC#CC#CC#CC#CC#CC#CC#CC#CC#CC#CC#CC#CC#CC#CC#CC#CC#CC#C.CC(C)(C)CC1C(C)(C)[N+](C)(C)C1(C)C.CC(C)(C)CC1C2C(C)(C)[N+](C)(C1(C)C)C2(C)C.CC(C)(C)[N+](C)(C)C. The van der Waals surface area contributed by atoms with E-state index in [9.17, 15) is 0 Å². The molecule has 0 N–H and O–H groups in total. The predicted octanol–water partition coefficient (Wildman–Crippen LogP) is 10.6. The van der Waals surface area contributed by atoms with E-state index in [0.29, 0.717) is 44.1 Å². The maximum Gasteiger partial charge on any atom is 0.104 e. The van der Waals surface area contributed by atoms with Gasteiger partial charge in [-0.25, -0.2) is 0 Å². The Labute approximate surface area is 586 Å². The van der Waals surface area contributed by atoms with Crippen LogP contribution in [0, 0.1) is 349 Å². The second kappa shape index (κ2) is 40.8. The third-order valence-electron chi connectivity index (χ3n) is 17.7. The number of nitrogens with zero attached hydrogens (tertiary/aromatic N) is 3. The molecule has 4 heterocycles. The van der Waals surface area contributed by atoms with Crippen molar-refractivity contribution >= 4 is 0 Å². The lowest BCUT2D eigenvalue weighted by Crippen LogP contribution is -2.84. The molecule has 4 rings (SSSR count). The molecular formula is C93H88N3+3. The monoisotopic (exact) mass is 1250 g/mol. The molecule has 3 nitrogen and oxygen atoms in total. The number of hydrogen-bond acceptors (Lipinski definition) is 0. The topological polar surface area (TPSA) is 0 Å². The molecule has 0 aromatic heterocycles. The summed E-state index contributed by atoms with van der Waals surface area (Å²) >= 11 is 0. The Morgan fingerprint density at radius 1 is 0.281 bits per heavy atom. The largest absolute Gasteiger partial charge is 0.327 e. The maximum absolute atomic E-state index is 4.94. The summed E-state index contributed by atoms with van der Waals surface area (Å²) in [4.78, 5) is 0. The standard InChI is InChI=1S/C54H2.C17H34N.C14H30N.C7H18N.CH4/c1-3-5-7-9-11-13-15-17-19-21-23-25-27-29-31-33-35-37-39-41-43-45-47-49-51-53-54-52-50-48-46-44-42-40-38-36-34-32-30-28-26-24-22-20-18-16-14-12-10-8-6-4-2;1-14(2,3)11-12-13-16(6,7)18(10,15(12,4)5)17(13,8)9;1-12(2,3)10-11-13(4,5)15(8,9)14(11,6)7;1-7(2,3)8(4,5)6;/h1-2H;12-13H,11H2,1-10H3;11H,10H2,1-9H3;1-6H3;1H4/q;3*+1;. The molecular weight excluding hydrogens is 1160 g/mol. The highest BCUT2D eigenvalue weighted by atomic mass is 15.6. The van der Waals surface area contributed by atoms with Gasteiger partial charge in [0.05, 0.1) is 65.2 Å². The molecule has 2 bridgehead atoms. The van der Waals surface area contributed by atoms with E-state index in [1.165, 1.54) is 17.3 Å². The van der Waals surface area contributed by atoms with Crippen molar-refractivity contribution in [1.82, 2.24) is 0 Å². The van der Waals surface area contributed by atoms with Gasteiger partial charge in [-0.3, -0.25) is 0 Å². The first-order chi connectivity index (χ1) is 44.2. The minimum absolute atomic E-state index is 0. The van der Waals surface area contributed by atoms with Crippen molar-refractivity contribution in [3.63, 3.8) is 0 Å². The van der Waals surface area contributed by atoms with E-state index in [2.05, 4.69) is 482 Å². The predicted molar refractivity (Wildman–Crippen MR) is 404 cm³/mol. The average molecular weight is 1250 g/mol. The summed E-state index contributed by atoms with van der Waals surface area (Å²) in [6, 6.07) is 0. The smallest absolute Gasteiger partial charge is 0.104 e. The number of fused-ring (bicyclic) bond motifs is 1. The highest BCUT2D eigenvalue weighted by Gasteiger charge is 2.86. The van der Waals surface area contributed by atoms with Crippen molar-refractivity contribution in [2.24, 2.45) is 28.6 Å². The molecule has 1 unspecified atom stereocenters. The van der Waals surface area contributed by atoms with Crippen molar-refractivity contribution in [3.05, 3.63) is 0 Å². The van der Waals surface area contributed by atoms with E-state index in [1.807, 2.05) is 0 Å². The van der Waals surface area contributed by atoms with E-state index < -0.39 is 0 Å². The summed E-state index contributed by atoms with van der Waals surface area (Å²) in [5.41, 5.74) is 3.34. The Bertz CT molecular complexity index is 4510. The molecule has 0 amide bonds. The summed E-state index contributed by atoms with van der Waals surface area (Å²) in [5, 5.41) is 0. The van der Waals surface area contributed by atoms with Gasteiger partial charge in [-0.15, -0.1) is 12.8 Å². The normalized spacial score (nSPS) is 16.0. The Balaban J connectivity index is 0. The summed E-state index contributed by atoms with van der Waals surface area (Å²) in [7, 11) is 13.9. The first-order valence-electron chi connectivity index (χ1n) is 30.2. The Hall–Kier alpha value is -12.0. The van der Waals surface area contributed by atoms with E-state index >= 15 is 0 Å². The van der Waals surface area contributed by atoms with Crippen LogP contribution in [-0.4, -0.2) is 89.0 Å². The molecule has 96 heavy (non-hydrogen) atoms. The van der Waals surface area contributed by atoms with Crippen LogP contribution in [0.1, 0.15) is 152 Å². The first kappa shape index (κ1) is 86.1. The van der Waals surface area contributed by atoms with Crippen LogP contribution in [0.3, 0.4) is 0 Å². The summed E-state index contributed by atoms with van der Waals surface area (Å²) < 4.78 is 3.40. The minimum atomic E-state index is 0. The van der Waals surface area contributed by atoms with Gasteiger partial charge < -0.3 is 13.4 Å². The fourth-order valence-electron chi connectivity index (χ4n) is 11.3. The van der Waals surface area contributed by atoms with Crippen LogP contribution in [0.4, 0.5) is 0 Å². The van der Waals surface area contributed by atoms with Crippen LogP contribution in [0.25, 0.3) is 0 Å². The van der Waals surface area contributed by atoms with Gasteiger partial charge >= 0.3 is 0 Å². The first-order valence-corrected chi connectivity index (χ1v) is 30.2. The number of rotatable bonds is 2. The zero-order chi connectivity index (χ0) is 72.4. The second-order valence-corrected chi connectivity index (χ2v) is 28.6. The van der Waals surface area contributed by atoms with E-state index in [1.54, 1.807) is 0 Å². The minimum Gasteiger partial charge on any atom is -0.327 e. The number of quaternary nitrogens is 3. The van der Waals surface area contributed by atoms with Crippen LogP contribution in [0.2, 0.25) is 0 Å². The summed E-state index contributed by atoms with van der Waals surface area (Å²) in [6.45, 7) is 45.7. The molecule has 1 atom stereocenters. The van der Waals surface area contributed by atoms with Gasteiger partial charge in [0.2, 0.25) is 0 Å². The Morgan fingerprint density at radius 3 is 0.552 bits per heavy atom. The van der Waals surface area contributed by atoms with Gasteiger partial charge in [-0.2, -0.15) is 0 Å². The summed E-state index contributed by atoms with van der Waals surface area (Å²) in [6.07, 6.45) is 12.6. The van der Waals surface area contributed by atoms with Crippen molar-refractivity contribution < 1.29 is 13.4 Å². The molecule has 4 fully saturated rings. The van der Waals surface area contributed by atoms with Crippen LogP contribution in [-0.2, 0) is 0 Å². The van der Waals surface area contributed by atoms with Crippen LogP contribution >= 0.6 is 0 Å². The number of likely N-dealkylation sites (tertiary alicyclic amines) is 1. The average Bonchev–Trinajstić information content (AvgIpc) is 1.45. The Morgan fingerprint density at radius 2 is 0.438 bits per heavy atom. The molecule has 0 aromatic rings. The molecule has 0 aliphatic carbocycles. The highest BCUT2D eigenvalue weighted by Crippen LogP contribution is 2.73. The molecule has 0 radical (unpaired) electrons. The maximum atomic E-state index is 4.94. The lowest BCUT2D eigenvalue weighted by molar-refractivity contribution is -1.06. The van der Waals surface area contributed by atoms with Gasteiger partial charge in [0.25, 0.3) is 0 Å². The quantitative estimate of drug-likeness (QED) is 0.191. The molecule has 0 aromatic carbocycles. The van der Waals surface area contributed by atoms with Crippen molar-refractivity contribution in [1.29, 1.82) is 0 Å². The number of terminal acetylenes is 2. The molecule has 4 aliphatic heterocycles. The van der Waals surface area contributed by atoms with Crippen molar-refractivity contribution in [3.8, 4) is 321 Å². The van der Waals surface area contributed by atoms with Gasteiger partial charge in [0.15, 0.2) is 0 Å². The van der Waals surface area contributed by atoms with Crippen molar-refractivity contribution in [2.45, 2.75) is 185 Å². The van der Waals surface area contributed by atoms with Gasteiger partial charge in [-0.1, -0.05) is 49.0 Å².